The summed E-state index contributed by atoms with van der Waals surface area (Å²) in [6, 6.07) is 13.9. The lowest BCUT2D eigenvalue weighted by molar-refractivity contribution is 0.225. The van der Waals surface area contributed by atoms with Gasteiger partial charge in [0.2, 0.25) is 0 Å². The van der Waals surface area contributed by atoms with Crippen LogP contribution in [-0.2, 0) is 12.8 Å². The lowest BCUT2D eigenvalue weighted by atomic mass is 9.91. The fraction of sp³-hybridized carbons (Fsp3) is 0.294. The topological polar surface area (TPSA) is 20.2 Å². The summed E-state index contributed by atoms with van der Waals surface area (Å²) in [5.74, 6) is 0.188. The number of rotatable bonds is 5. The lowest BCUT2D eigenvalue weighted by Gasteiger charge is -2.16. The molecule has 2 rings (SSSR count). The minimum atomic E-state index is 0.161. The van der Waals surface area contributed by atoms with Crippen molar-refractivity contribution in [1.82, 2.24) is 0 Å². The number of aliphatic hydroxyl groups excluding tert-OH is 1. The summed E-state index contributed by atoms with van der Waals surface area (Å²) in [7, 11) is 0. The molecule has 0 saturated heterocycles. The quantitative estimate of drug-likeness (QED) is 0.849. The largest absolute Gasteiger partial charge is 0.396 e. The second kappa shape index (κ2) is 7.12. The van der Waals surface area contributed by atoms with Gasteiger partial charge in [0.25, 0.3) is 0 Å². The maximum absolute atomic E-state index is 9.60. The van der Waals surface area contributed by atoms with E-state index in [1.54, 1.807) is 6.07 Å². The zero-order valence-electron chi connectivity index (χ0n) is 11.4. The summed E-state index contributed by atoms with van der Waals surface area (Å²) in [5, 5.41) is 10.7. The van der Waals surface area contributed by atoms with E-state index < -0.39 is 0 Å². The van der Waals surface area contributed by atoms with Crippen LogP contribution >= 0.6 is 23.2 Å². The molecule has 0 radical (unpaired) electrons. The average Bonchev–Trinajstić information content (AvgIpc) is 2.44. The van der Waals surface area contributed by atoms with Crippen molar-refractivity contribution in [3.63, 3.8) is 0 Å². The molecule has 0 aromatic heterocycles. The van der Waals surface area contributed by atoms with Crippen LogP contribution in [0.1, 0.15) is 16.7 Å². The fourth-order valence-corrected chi connectivity index (χ4v) is 2.67. The molecule has 0 spiro atoms. The van der Waals surface area contributed by atoms with Gasteiger partial charge >= 0.3 is 0 Å². The van der Waals surface area contributed by atoms with Crippen molar-refractivity contribution >= 4 is 23.2 Å². The first-order valence-electron chi connectivity index (χ1n) is 6.69. The molecule has 0 aliphatic heterocycles. The van der Waals surface area contributed by atoms with Crippen molar-refractivity contribution in [2.45, 2.75) is 19.8 Å². The first-order valence-corrected chi connectivity index (χ1v) is 7.45. The van der Waals surface area contributed by atoms with Crippen molar-refractivity contribution in [2.75, 3.05) is 6.61 Å². The van der Waals surface area contributed by atoms with E-state index in [9.17, 15) is 5.11 Å². The van der Waals surface area contributed by atoms with Crippen LogP contribution in [0.4, 0.5) is 0 Å². The second-order valence-corrected chi connectivity index (χ2v) is 5.95. The molecule has 1 nitrogen and oxygen atoms in total. The Kier molecular flexibility index (Phi) is 5.47. The molecule has 0 amide bonds. The predicted octanol–water partition coefficient (Wildman–Crippen LogP) is 4.70. The summed E-state index contributed by atoms with van der Waals surface area (Å²) >= 11 is 12.0. The normalized spacial score (nSPS) is 12.4. The number of halogens is 2. The van der Waals surface area contributed by atoms with Gasteiger partial charge in [-0.05, 0) is 54.5 Å². The highest BCUT2D eigenvalue weighted by molar-refractivity contribution is 6.42. The van der Waals surface area contributed by atoms with Crippen molar-refractivity contribution < 1.29 is 5.11 Å². The smallest absolute Gasteiger partial charge is 0.0595 e. The van der Waals surface area contributed by atoms with Crippen molar-refractivity contribution in [3.05, 3.63) is 69.2 Å². The van der Waals surface area contributed by atoms with E-state index in [-0.39, 0.29) is 12.5 Å². The number of aryl methyl sites for hydroxylation is 1. The van der Waals surface area contributed by atoms with E-state index in [2.05, 4.69) is 19.1 Å². The molecule has 0 aliphatic carbocycles. The van der Waals surface area contributed by atoms with Gasteiger partial charge in [-0.25, -0.2) is 0 Å². The van der Waals surface area contributed by atoms with Crippen LogP contribution in [0.5, 0.6) is 0 Å². The Labute approximate surface area is 130 Å². The molecule has 2 aromatic rings. The van der Waals surface area contributed by atoms with E-state index in [0.29, 0.717) is 10.0 Å². The van der Waals surface area contributed by atoms with Gasteiger partial charge in [0.05, 0.1) is 10.0 Å². The molecule has 2 aromatic carbocycles. The summed E-state index contributed by atoms with van der Waals surface area (Å²) < 4.78 is 0. The minimum absolute atomic E-state index is 0.161. The van der Waals surface area contributed by atoms with Crippen molar-refractivity contribution in [3.8, 4) is 0 Å². The van der Waals surface area contributed by atoms with E-state index in [0.717, 1.165) is 18.4 Å². The number of benzene rings is 2. The molecule has 0 bridgehead atoms. The maximum Gasteiger partial charge on any atom is 0.0595 e. The third-order valence-electron chi connectivity index (χ3n) is 3.54. The molecule has 3 heteroatoms. The van der Waals surface area contributed by atoms with Crippen LogP contribution in [0.15, 0.2) is 42.5 Å². The van der Waals surface area contributed by atoms with Crippen molar-refractivity contribution in [1.29, 1.82) is 0 Å². The molecule has 1 atom stereocenters. The van der Waals surface area contributed by atoms with E-state index in [1.807, 2.05) is 24.3 Å². The first-order chi connectivity index (χ1) is 9.60. The molecular formula is C17H18Cl2O. The lowest BCUT2D eigenvalue weighted by Crippen LogP contribution is -2.13. The van der Waals surface area contributed by atoms with Crippen LogP contribution in [0.2, 0.25) is 10.0 Å². The number of hydrogen-bond donors (Lipinski definition) is 1. The van der Waals surface area contributed by atoms with Gasteiger partial charge < -0.3 is 5.11 Å². The van der Waals surface area contributed by atoms with E-state index in [1.165, 1.54) is 11.1 Å². The third-order valence-corrected chi connectivity index (χ3v) is 4.28. The van der Waals surface area contributed by atoms with Gasteiger partial charge in [-0.1, -0.05) is 53.5 Å². The summed E-state index contributed by atoms with van der Waals surface area (Å²) in [4.78, 5) is 0. The predicted molar refractivity (Wildman–Crippen MR) is 85.6 cm³/mol. The molecule has 0 aliphatic rings. The van der Waals surface area contributed by atoms with E-state index in [4.69, 9.17) is 23.2 Å². The maximum atomic E-state index is 9.60. The third kappa shape index (κ3) is 3.99. The SMILES string of the molecule is Cc1ccccc1CC(CO)Cc1ccc(Cl)c(Cl)c1. The highest BCUT2D eigenvalue weighted by Crippen LogP contribution is 2.25. The molecule has 0 fully saturated rings. The standard InChI is InChI=1S/C17H18Cl2O/c1-12-4-2-3-5-15(12)9-14(11-20)8-13-6-7-16(18)17(19)10-13/h2-7,10,14,20H,8-9,11H2,1H3. The second-order valence-electron chi connectivity index (χ2n) is 5.13. The Morgan fingerprint density at radius 1 is 1.00 bits per heavy atom. The number of hydrogen-bond acceptors (Lipinski definition) is 1. The molecule has 106 valence electrons. The monoisotopic (exact) mass is 308 g/mol. The van der Waals surface area contributed by atoms with Gasteiger partial charge in [-0.3, -0.25) is 0 Å². The highest BCUT2D eigenvalue weighted by Gasteiger charge is 2.12. The Balaban J connectivity index is 2.09. The van der Waals surface area contributed by atoms with Gasteiger partial charge in [0, 0.05) is 6.61 Å². The van der Waals surface area contributed by atoms with Gasteiger partial charge in [0.1, 0.15) is 0 Å². The van der Waals surface area contributed by atoms with Crippen LogP contribution < -0.4 is 0 Å². The van der Waals surface area contributed by atoms with Crippen LogP contribution in [0.25, 0.3) is 0 Å². The van der Waals surface area contributed by atoms with E-state index >= 15 is 0 Å². The minimum Gasteiger partial charge on any atom is -0.396 e. The fourth-order valence-electron chi connectivity index (χ4n) is 2.35. The van der Waals surface area contributed by atoms with Gasteiger partial charge in [-0.15, -0.1) is 0 Å². The highest BCUT2D eigenvalue weighted by atomic mass is 35.5. The Hall–Kier alpha value is -1.02. The summed E-state index contributed by atoms with van der Waals surface area (Å²) in [6.45, 7) is 2.26. The Morgan fingerprint density at radius 2 is 1.75 bits per heavy atom. The average molecular weight is 309 g/mol. The molecule has 1 N–H and O–H groups in total. The molecule has 1 unspecified atom stereocenters. The van der Waals surface area contributed by atoms with Gasteiger partial charge in [-0.2, -0.15) is 0 Å². The molecule has 20 heavy (non-hydrogen) atoms. The van der Waals surface area contributed by atoms with Crippen LogP contribution in [0.3, 0.4) is 0 Å². The van der Waals surface area contributed by atoms with Crippen LogP contribution in [0, 0.1) is 12.8 Å². The summed E-state index contributed by atoms with van der Waals surface area (Å²) in [6.07, 6.45) is 1.66. The zero-order valence-corrected chi connectivity index (χ0v) is 13.0. The first kappa shape index (κ1) is 15.4. The van der Waals surface area contributed by atoms with Crippen molar-refractivity contribution in [2.24, 2.45) is 5.92 Å². The molecular weight excluding hydrogens is 291 g/mol. The van der Waals surface area contributed by atoms with Gasteiger partial charge in [0.15, 0.2) is 0 Å². The number of aliphatic hydroxyl groups is 1. The van der Waals surface area contributed by atoms with Crippen LogP contribution in [-0.4, -0.2) is 11.7 Å². The summed E-state index contributed by atoms with van der Waals surface area (Å²) in [5.41, 5.74) is 3.65. The Bertz CT molecular complexity index is 581. The zero-order chi connectivity index (χ0) is 14.5. The molecule has 0 heterocycles. The molecule has 0 saturated carbocycles. The Morgan fingerprint density at radius 3 is 2.40 bits per heavy atom.